The predicted molar refractivity (Wildman–Crippen MR) is 106 cm³/mol. The highest BCUT2D eigenvalue weighted by atomic mass is 16.2. The van der Waals surface area contributed by atoms with E-state index in [0.29, 0.717) is 13.1 Å². The van der Waals surface area contributed by atoms with Gasteiger partial charge in [-0.2, -0.15) is 0 Å². The lowest BCUT2D eigenvalue weighted by atomic mass is 9.95. The summed E-state index contributed by atoms with van der Waals surface area (Å²) in [5.41, 5.74) is 1.34. The van der Waals surface area contributed by atoms with Gasteiger partial charge in [-0.25, -0.2) is 4.79 Å². The van der Waals surface area contributed by atoms with E-state index in [1.165, 1.54) is 5.56 Å². The van der Waals surface area contributed by atoms with Gasteiger partial charge >= 0.3 is 6.03 Å². The van der Waals surface area contributed by atoms with Crippen LogP contribution in [-0.4, -0.2) is 73.0 Å². The molecule has 1 N–H and O–H groups in total. The van der Waals surface area contributed by atoms with Crippen molar-refractivity contribution >= 4 is 11.9 Å². The van der Waals surface area contributed by atoms with Gasteiger partial charge in [0.2, 0.25) is 5.91 Å². The van der Waals surface area contributed by atoms with Gasteiger partial charge in [-0.1, -0.05) is 30.3 Å². The standard InChI is InChI=1S/C21H32N4O2/c1-23(2)20(26)18-8-14-25(15-9-18)21(27)22-19-10-12-24(13-11-19)16-17-6-4-3-5-7-17/h3-7,18-19H,8-16H2,1-2H3,(H,22,27). The van der Waals surface area contributed by atoms with Gasteiger partial charge in [0.1, 0.15) is 0 Å². The van der Waals surface area contributed by atoms with E-state index in [0.717, 1.165) is 45.3 Å². The molecule has 6 heteroatoms. The zero-order valence-corrected chi connectivity index (χ0v) is 16.6. The minimum Gasteiger partial charge on any atom is -0.349 e. The van der Waals surface area contributed by atoms with Crippen molar-refractivity contribution in [2.24, 2.45) is 5.92 Å². The number of hydrogen-bond donors (Lipinski definition) is 1. The normalized spacial score (nSPS) is 19.7. The minimum atomic E-state index is 0.0345. The molecule has 0 saturated carbocycles. The van der Waals surface area contributed by atoms with Crippen LogP contribution in [-0.2, 0) is 11.3 Å². The summed E-state index contributed by atoms with van der Waals surface area (Å²) in [4.78, 5) is 30.6. The number of piperidine rings is 2. The van der Waals surface area contributed by atoms with Crippen molar-refractivity contribution in [2.45, 2.75) is 38.3 Å². The number of carbonyl (C=O) groups excluding carboxylic acids is 2. The number of benzene rings is 1. The molecule has 0 unspecified atom stereocenters. The summed E-state index contributed by atoms with van der Waals surface area (Å²) in [6.45, 7) is 4.35. The van der Waals surface area contributed by atoms with Crippen molar-refractivity contribution in [3.8, 4) is 0 Å². The Morgan fingerprint density at radius 3 is 2.22 bits per heavy atom. The summed E-state index contributed by atoms with van der Waals surface area (Å²) in [5.74, 6) is 0.242. The first-order valence-electron chi connectivity index (χ1n) is 10.1. The van der Waals surface area contributed by atoms with E-state index in [2.05, 4.69) is 34.5 Å². The molecule has 148 valence electrons. The Kier molecular flexibility index (Phi) is 6.72. The van der Waals surface area contributed by atoms with Gasteiger partial charge in [-0.15, -0.1) is 0 Å². The number of urea groups is 1. The van der Waals surface area contributed by atoms with Gasteiger partial charge in [0.05, 0.1) is 0 Å². The van der Waals surface area contributed by atoms with Crippen LogP contribution in [0.3, 0.4) is 0 Å². The third-order valence-electron chi connectivity index (χ3n) is 5.74. The molecule has 0 spiro atoms. The third-order valence-corrected chi connectivity index (χ3v) is 5.74. The summed E-state index contributed by atoms with van der Waals surface area (Å²) in [6.07, 6.45) is 3.52. The molecule has 3 amide bonds. The molecule has 2 saturated heterocycles. The molecule has 0 aromatic heterocycles. The third kappa shape index (κ3) is 5.45. The average Bonchev–Trinajstić information content (AvgIpc) is 2.69. The highest BCUT2D eigenvalue weighted by Gasteiger charge is 2.29. The van der Waals surface area contributed by atoms with Crippen LogP contribution in [0.2, 0.25) is 0 Å². The molecule has 0 radical (unpaired) electrons. The van der Waals surface area contributed by atoms with Crippen LogP contribution >= 0.6 is 0 Å². The van der Waals surface area contributed by atoms with Crippen LogP contribution in [0.15, 0.2) is 30.3 Å². The Morgan fingerprint density at radius 2 is 1.63 bits per heavy atom. The lowest BCUT2D eigenvalue weighted by Crippen LogP contribution is -2.51. The second-order valence-corrected chi connectivity index (χ2v) is 7.98. The molecule has 2 aliphatic rings. The van der Waals surface area contributed by atoms with Crippen LogP contribution in [0.4, 0.5) is 4.79 Å². The first-order valence-corrected chi connectivity index (χ1v) is 10.1. The van der Waals surface area contributed by atoms with Gasteiger partial charge in [0.25, 0.3) is 0 Å². The smallest absolute Gasteiger partial charge is 0.317 e. The molecule has 0 aliphatic carbocycles. The quantitative estimate of drug-likeness (QED) is 0.881. The van der Waals surface area contributed by atoms with Crippen LogP contribution in [0.1, 0.15) is 31.2 Å². The first kappa shape index (κ1) is 19.7. The van der Waals surface area contributed by atoms with E-state index < -0.39 is 0 Å². The lowest BCUT2D eigenvalue weighted by Gasteiger charge is -2.36. The predicted octanol–water partition coefficient (Wildman–Crippen LogP) is 2.16. The maximum Gasteiger partial charge on any atom is 0.317 e. The largest absolute Gasteiger partial charge is 0.349 e. The Balaban J connectivity index is 1.38. The minimum absolute atomic E-state index is 0.0345. The van der Waals surface area contributed by atoms with Crippen molar-refractivity contribution in [1.82, 2.24) is 20.0 Å². The summed E-state index contributed by atoms with van der Waals surface area (Å²) in [7, 11) is 3.59. The zero-order valence-electron chi connectivity index (χ0n) is 16.6. The second kappa shape index (κ2) is 9.22. The number of nitrogens with zero attached hydrogens (tertiary/aromatic N) is 3. The second-order valence-electron chi connectivity index (χ2n) is 7.98. The van der Waals surface area contributed by atoms with Crippen LogP contribution < -0.4 is 5.32 Å². The molecule has 2 fully saturated rings. The topological polar surface area (TPSA) is 55.9 Å². The van der Waals surface area contributed by atoms with Crippen molar-refractivity contribution in [3.05, 3.63) is 35.9 Å². The molecule has 0 bridgehead atoms. The molecular weight excluding hydrogens is 340 g/mol. The van der Waals surface area contributed by atoms with Crippen molar-refractivity contribution in [3.63, 3.8) is 0 Å². The van der Waals surface area contributed by atoms with Gasteiger partial charge in [-0.05, 0) is 31.2 Å². The van der Waals surface area contributed by atoms with E-state index in [9.17, 15) is 9.59 Å². The monoisotopic (exact) mass is 372 g/mol. The summed E-state index contributed by atoms with van der Waals surface area (Å²) in [5, 5.41) is 3.20. The fourth-order valence-corrected chi connectivity index (χ4v) is 4.04. The van der Waals surface area contributed by atoms with E-state index in [-0.39, 0.29) is 23.9 Å². The van der Waals surface area contributed by atoms with E-state index in [4.69, 9.17) is 0 Å². The van der Waals surface area contributed by atoms with Crippen molar-refractivity contribution in [2.75, 3.05) is 40.3 Å². The Bertz CT molecular complexity index is 618. The fraction of sp³-hybridized carbons (Fsp3) is 0.619. The van der Waals surface area contributed by atoms with E-state index in [1.807, 2.05) is 11.0 Å². The molecule has 2 aliphatic heterocycles. The molecule has 27 heavy (non-hydrogen) atoms. The SMILES string of the molecule is CN(C)C(=O)C1CCN(C(=O)NC2CCN(Cc3ccccc3)CC2)CC1. The van der Waals surface area contributed by atoms with Gasteiger partial charge < -0.3 is 15.1 Å². The van der Waals surface area contributed by atoms with Gasteiger partial charge in [0.15, 0.2) is 0 Å². The van der Waals surface area contributed by atoms with Gasteiger partial charge in [-0.3, -0.25) is 9.69 Å². The summed E-state index contributed by atoms with van der Waals surface area (Å²) in [6, 6.07) is 10.8. The summed E-state index contributed by atoms with van der Waals surface area (Å²) >= 11 is 0. The Morgan fingerprint density at radius 1 is 1.00 bits per heavy atom. The Hall–Kier alpha value is -2.08. The van der Waals surface area contributed by atoms with Crippen molar-refractivity contribution in [1.29, 1.82) is 0 Å². The number of rotatable bonds is 4. The number of hydrogen-bond acceptors (Lipinski definition) is 3. The molecule has 0 atom stereocenters. The molecular formula is C21H32N4O2. The van der Waals surface area contributed by atoms with Gasteiger partial charge in [0, 0.05) is 58.8 Å². The number of nitrogens with one attached hydrogen (secondary N) is 1. The maximum atomic E-state index is 12.6. The molecule has 1 aromatic carbocycles. The molecule has 3 rings (SSSR count). The van der Waals surface area contributed by atoms with Crippen LogP contribution in [0, 0.1) is 5.92 Å². The maximum absolute atomic E-state index is 12.6. The van der Waals surface area contributed by atoms with Crippen LogP contribution in [0.5, 0.6) is 0 Å². The average molecular weight is 373 g/mol. The van der Waals surface area contributed by atoms with Crippen LogP contribution in [0.25, 0.3) is 0 Å². The zero-order chi connectivity index (χ0) is 19.2. The highest BCUT2D eigenvalue weighted by molar-refractivity contribution is 5.79. The first-order chi connectivity index (χ1) is 13.0. The molecule has 6 nitrogen and oxygen atoms in total. The van der Waals surface area contributed by atoms with E-state index in [1.54, 1.807) is 19.0 Å². The molecule has 2 heterocycles. The molecule has 1 aromatic rings. The van der Waals surface area contributed by atoms with Crippen molar-refractivity contribution < 1.29 is 9.59 Å². The number of carbonyl (C=O) groups is 2. The lowest BCUT2D eigenvalue weighted by molar-refractivity contribution is -0.134. The summed E-state index contributed by atoms with van der Waals surface area (Å²) < 4.78 is 0. The number of amides is 3. The van der Waals surface area contributed by atoms with E-state index >= 15 is 0 Å². The fourth-order valence-electron chi connectivity index (χ4n) is 4.04. The Labute approximate surface area is 162 Å². The highest BCUT2D eigenvalue weighted by Crippen LogP contribution is 2.20. The number of likely N-dealkylation sites (tertiary alicyclic amines) is 2.